The third-order valence-electron chi connectivity index (χ3n) is 4.91. The van der Waals surface area contributed by atoms with Gasteiger partial charge in [0, 0.05) is 40.3 Å². The van der Waals surface area contributed by atoms with Crippen molar-refractivity contribution in [3.63, 3.8) is 0 Å². The summed E-state index contributed by atoms with van der Waals surface area (Å²) in [7, 11) is 0. The molecule has 1 aliphatic rings. The number of amides is 2. The van der Waals surface area contributed by atoms with Gasteiger partial charge in [0.2, 0.25) is 11.8 Å². The number of aromatic nitrogens is 1. The molecule has 1 aromatic heterocycles. The van der Waals surface area contributed by atoms with Crippen molar-refractivity contribution in [2.45, 2.75) is 38.5 Å². The van der Waals surface area contributed by atoms with Crippen molar-refractivity contribution >= 4 is 40.0 Å². The van der Waals surface area contributed by atoms with Crippen molar-refractivity contribution < 1.29 is 9.59 Å². The van der Waals surface area contributed by atoms with Crippen LogP contribution in [0.25, 0.3) is 11.3 Å². The lowest BCUT2D eigenvalue weighted by Gasteiger charge is -2.35. The minimum atomic E-state index is -0.375. The van der Waals surface area contributed by atoms with Gasteiger partial charge in [-0.15, -0.1) is 23.1 Å². The van der Waals surface area contributed by atoms with E-state index in [4.69, 9.17) is 0 Å². The van der Waals surface area contributed by atoms with Crippen molar-refractivity contribution in [1.82, 2.24) is 9.88 Å². The summed E-state index contributed by atoms with van der Waals surface area (Å²) in [6.45, 7) is 7.08. The molecule has 0 bridgehead atoms. The third kappa shape index (κ3) is 4.94. The summed E-state index contributed by atoms with van der Waals surface area (Å²) in [6, 6.07) is 8.25. The van der Waals surface area contributed by atoms with Crippen LogP contribution in [0.5, 0.6) is 0 Å². The van der Waals surface area contributed by atoms with Crippen molar-refractivity contribution in [3.05, 3.63) is 29.6 Å². The molecule has 1 aromatic carbocycles. The molecule has 0 saturated carbocycles. The lowest BCUT2D eigenvalue weighted by atomic mass is 9.91. The monoisotopic (exact) mass is 417 g/mol. The third-order valence-corrected chi connectivity index (χ3v) is 6.42. The molecule has 0 aliphatic carbocycles. The Morgan fingerprint density at radius 1 is 1.18 bits per heavy atom. The highest BCUT2D eigenvalue weighted by Crippen LogP contribution is 2.28. The van der Waals surface area contributed by atoms with E-state index in [9.17, 15) is 9.59 Å². The molecule has 0 spiro atoms. The lowest BCUT2D eigenvalue weighted by molar-refractivity contribution is -0.142. The van der Waals surface area contributed by atoms with Gasteiger partial charge in [-0.25, -0.2) is 4.98 Å². The van der Waals surface area contributed by atoms with Crippen LogP contribution in [0.1, 0.15) is 33.6 Å². The van der Waals surface area contributed by atoms with Gasteiger partial charge in [-0.3, -0.25) is 9.59 Å². The maximum atomic E-state index is 12.6. The van der Waals surface area contributed by atoms with Crippen LogP contribution >= 0.6 is 23.1 Å². The molecule has 1 saturated heterocycles. The molecule has 0 unspecified atom stereocenters. The molecule has 0 radical (unpaired) electrons. The summed E-state index contributed by atoms with van der Waals surface area (Å²) in [5.74, 6) is 0.0853. The number of anilines is 1. The Morgan fingerprint density at radius 2 is 1.82 bits per heavy atom. The molecule has 3 rings (SSSR count). The second-order valence-corrected chi connectivity index (χ2v) is 9.81. The van der Waals surface area contributed by atoms with Gasteiger partial charge in [-0.1, -0.05) is 32.9 Å². The zero-order valence-corrected chi connectivity index (χ0v) is 18.5. The summed E-state index contributed by atoms with van der Waals surface area (Å²) in [5, 5.41) is 5.55. The maximum Gasteiger partial charge on any atom is 0.229 e. The second kappa shape index (κ2) is 8.66. The zero-order valence-electron chi connectivity index (χ0n) is 16.8. The molecule has 2 heterocycles. The zero-order chi connectivity index (χ0) is 20.3. The van der Waals surface area contributed by atoms with Gasteiger partial charge in [-0.05, 0) is 31.2 Å². The number of hydrogen-bond acceptors (Lipinski definition) is 5. The van der Waals surface area contributed by atoms with Crippen molar-refractivity contribution in [3.8, 4) is 11.3 Å². The van der Waals surface area contributed by atoms with Crippen LogP contribution in [0.2, 0.25) is 0 Å². The van der Waals surface area contributed by atoms with E-state index in [2.05, 4.69) is 40.8 Å². The number of thiazole rings is 1. The van der Waals surface area contributed by atoms with E-state index >= 15 is 0 Å². The fourth-order valence-corrected chi connectivity index (χ4v) is 4.38. The number of thioether (sulfide) groups is 1. The van der Waals surface area contributed by atoms with E-state index < -0.39 is 0 Å². The summed E-state index contributed by atoms with van der Waals surface area (Å²) in [5.41, 5.74) is 1.54. The molecular weight excluding hydrogens is 390 g/mol. The van der Waals surface area contributed by atoms with E-state index in [1.54, 1.807) is 11.8 Å². The minimum absolute atomic E-state index is 0.00138. The van der Waals surface area contributed by atoms with Crippen LogP contribution in [0.3, 0.4) is 0 Å². The van der Waals surface area contributed by atoms with Gasteiger partial charge >= 0.3 is 0 Å². The smallest absolute Gasteiger partial charge is 0.229 e. The number of carbonyl (C=O) groups excluding carboxylic acids is 2. The van der Waals surface area contributed by atoms with E-state index in [-0.39, 0.29) is 23.1 Å². The molecule has 5 nitrogen and oxygen atoms in total. The number of benzene rings is 1. The summed E-state index contributed by atoms with van der Waals surface area (Å²) in [4.78, 5) is 32.7. The fraction of sp³-hybridized carbons (Fsp3) is 0.476. The standard InChI is InChI=1S/C21H27N3O2S2/c1-21(2,3)19(26)24-11-9-15(10-12-24)18(25)23-20-22-17(13-28-20)14-5-7-16(27-4)8-6-14/h5-8,13,15H,9-12H2,1-4H3,(H,22,23,25). The number of piperidine rings is 1. The Kier molecular flexibility index (Phi) is 6.45. The van der Waals surface area contributed by atoms with Crippen LogP contribution in [0.15, 0.2) is 34.5 Å². The van der Waals surface area contributed by atoms with Crippen molar-refractivity contribution in [1.29, 1.82) is 0 Å². The molecule has 150 valence electrons. The highest BCUT2D eigenvalue weighted by molar-refractivity contribution is 7.98. The second-order valence-electron chi connectivity index (χ2n) is 8.07. The molecule has 28 heavy (non-hydrogen) atoms. The minimum Gasteiger partial charge on any atom is -0.342 e. The van der Waals surface area contributed by atoms with E-state index in [0.29, 0.717) is 31.1 Å². The van der Waals surface area contributed by atoms with Crippen LogP contribution in [-0.2, 0) is 9.59 Å². The highest BCUT2D eigenvalue weighted by Gasteiger charge is 2.32. The predicted molar refractivity (Wildman–Crippen MR) is 117 cm³/mol. The first-order valence-corrected chi connectivity index (χ1v) is 11.6. The molecule has 2 aromatic rings. The summed E-state index contributed by atoms with van der Waals surface area (Å²) >= 11 is 3.15. The first-order chi connectivity index (χ1) is 13.3. The maximum absolute atomic E-state index is 12.6. The number of carbonyl (C=O) groups is 2. The number of rotatable bonds is 4. The largest absolute Gasteiger partial charge is 0.342 e. The molecule has 0 atom stereocenters. The van der Waals surface area contributed by atoms with Crippen molar-refractivity contribution in [2.75, 3.05) is 24.7 Å². The average molecular weight is 418 g/mol. The van der Waals surface area contributed by atoms with Gasteiger partial charge < -0.3 is 10.2 Å². The molecule has 2 amide bonds. The van der Waals surface area contributed by atoms with Crippen molar-refractivity contribution in [2.24, 2.45) is 11.3 Å². The SMILES string of the molecule is CSc1ccc(-c2csc(NC(=O)C3CCN(C(=O)C(C)(C)C)CC3)n2)cc1. The molecule has 1 aliphatic heterocycles. The lowest BCUT2D eigenvalue weighted by Crippen LogP contribution is -2.45. The first-order valence-electron chi connectivity index (χ1n) is 9.48. The normalized spacial score (nSPS) is 15.5. The van der Waals surface area contributed by atoms with Gasteiger partial charge in [0.05, 0.1) is 5.69 Å². The molecule has 1 fully saturated rings. The van der Waals surface area contributed by atoms with Gasteiger partial charge in [0.25, 0.3) is 0 Å². The Labute approximate surface area is 174 Å². The highest BCUT2D eigenvalue weighted by atomic mass is 32.2. The topological polar surface area (TPSA) is 62.3 Å². The van der Waals surface area contributed by atoms with Crippen LogP contribution in [-0.4, -0.2) is 41.0 Å². The number of nitrogens with one attached hydrogen (secondary N) is 1. The average Bonchev–Trinajstić information content (AvgIpc) is 3.15. The van der Waals surface area contributed by atoms with Crippen LogP contribution < -0.4 is 5.32 Å². The summed E-state index contributed by atoms with van der Waals surface area (Å²) in [6.07, 6.45) is 3.44. The van der Waals surface area contributed by atoms with Gasteiger partial charge in [0.15, 0.2) is 5.13 Å². The first kappa shape index (κ1) is 20.9. The Morgan fingerprint density at radius 3 is 2.39 bits per heavy atom. The van der Waals surface area contributed by atoms with E-state index in [1.807, 2.05) is 31.1 Å². The summed E-state index contributed by atoms with van der Waals surface area (Å²) < 4.78 is 0. The fourth-order valence-electron chi connectivity index (χ4n) is 3.25. The Bertz CT molecular complexity index is 832. The Balaban J connectivity index is 1.56. The molecular formula is C21H27N3O2S2. The van der Waals surface area contributed by atoms with Gasteiger partial charge in [0.1, 0.15) is 0 Å². The quantitative estimate of drug-likeness (QED) is 0.729. The van der Waals surface area contributed by atoms with E-state index in [0.717, 1.165) is 11.3 Å². The van der Waals surface area contributed by atoms with Crippen LogP contribution in [0.4, 0.5) is 5.13 Å². The van der Waals surface area contributed by atoms with Crippen LogP contribution in [0, 0.1) is 11.3 Å². The molecule has 1 N–H and O–H groups in total. The molecule has 7 heteroatoms. The Hall–Kier alpha value is -1.86. The number of hydrogen-bond donors (Lipinski definition) is 1. The van der Waals surface area contributed by atoms with Gasteiger partial charge in [-0.2, -0.15) is 0 Å². The predicted octanol–water partition coefficient (Wildman–Crippen LogP) is 4.76. The number of likely N-dealkylation sites (tertiary alicyclic amines) is 1. The number of nitrogens with zero attached hydrogens (tertiary/aromatic N) is 2. The van der Waals surface area contributed by atoms with E-state index in [1.165, 1.54) is 16.2 Å².